The maximum atomic E-state index is 6.17. The molecule has 0 aliphatic carbocycles. The molecule has 2 N–H and O–H groups in total. The summed E-state index contributed by atoms with van der Waals surface area (Å²) < 4.78 is 0. The third-order valence-electron chi connectivity index (χ3n) is 4.97. The summed E-state index contributed by atoms with van der Waals surface area (Å²) in [5.74, 6) is 0. The largest absolute Gasteiger partial charge is 0.329 e. The summed E-state index contributed by atoms with van der Waals surface area (Å²) in [5, 5.41) is 0. The molecule has 1 rings (SSSR count). The Morgan fingerprint density at radius 2 is 1.95 bits per heavy atom. The van der Waals surface area contributed by atoms with Crippen molar-refractivity contribution < 1.29 is 0 Å². The molecule has 0 radical (unpaired) electrons. The van der Waals surface area contributed by atoms with Gasteiger partial charge in [0, 0.05) is 24.7 Å². The van der Waals surface area contributed by atoms with Crippen LogP contribution in [0.15, 0.2) is 0 Å². The van der Waals surface area contributed by atoms with E-state index in [1.165, 1.54) is 58.2 Å². The van der Waals surface area contributed by atoms with Crippen molar-refractivity contribution in [3.63, 3.8) is 0 Å². The molecule has 0 bridgehead atoms. The first-order valence-corrected chi connectivity index (χ1v) is 8.21. The lowest BCUT2D eigenvalue weighted by Crippen LogP contribution is -2.53. The zero-order valence-corrected chi connectivity index (χ0v) is 13.6. The summed E-state index contributed by atoms with van der Waals surface area (Å²) >= 11 is 0. The van der Waals surface area contributed by atoms with Crippen LogP contribution in [0.3, 0.4) is 0 Å². The standard InChI is InChI=1S/C16H35N3/c1-5-6-7-11-18(4)16(14-17)9-8-12-19(13-10-16)15(2)3/h15H,5-14,17H2,1-4H3. The monoisotopic (exact) mass is 269 g/mol. The van der Waals surface area contributed by atoms with E-state index in [0.29, 0.717) is 6.04 Å². The van der Waals surface area contributed by atoms with Crippen molar-refractivity contribution in [1.82, 2.24) is 9.80 Å². The van der Waals surface area contributed by atoms with Crippen molar-refractivity contribution in [1.29, 1.82) is 0 Å². The van der Waals surface area contributed by atoms with Crippen LogP contribution in [0.1, 0.15) is 59.3 Å². The third kappa shape index (κ3) is 4.73. The average molecular weight is 269 g/mol. The molecule has 1 saturated heterocycles. The Bertz CT molecular complexity index is 242. The van der Waals surface area contributed by atoms with Gasteiger partial charge in [0.15, 0.2) is 0 Å². The third-order valence-corrected chi connectivity index (χ3v) is 4.97. The number of nitrogens with zero attached hydrogens (tertiary/aromatic N) is 2. The van der Waals surface area contributed by atoms with Crippen LogP contribution in [0, 0.1) is 0 Å². The smallest absolute Gasteiger partial charge is 0.0341 e. The highest BCUT2D eigenvalue weighted by Gasteiger charge is 2.35. The van der Waals surface area contributed by atoms with Gasteiger partial charge in [-0.15, -0.1) is 0 Å². The molecular formula is C16H35N3. The van der Waals surface area contributed by atoms with Crippen LogP contribution >= 0.6 is 0 Å². The highest BCUT2D eigenvalue weighted by molar-refractivity contribution is 4.93. The first-order valence-electron chi connectivity index (χ1n) is 8.21. The number of nitrogens with two attached hydrogens (primary N) is 1. The summed E-state index contributed by atoms with van der Waals surface area (Å²) in [6.07, 6.45) is 7.71. The second-order valence-electron chi connectivity index (χ2n) is 6.54. The fourth-order valence-corrected chi connectivity index (χ4v) is 3.29. The molecule has 1 unspecified atom stereocenters. The molecule has 0 saturated carbocycles. The quantitative estimate of drug-likeness (QED) is 0.721. The Kier molecular flexibility index (Phi) is 7.33. The van der Waals surface area contributed by atoms with Crippen LogP contribution in [0.4, 0.5) is 0 Å². The highest BCUT2D eigenvalue weighted by Crippen LogP contribution is 2.28. The molecule has 0 aromatic rings. The van der Waals surface area contributed by atoms with Gasteiger partial charge in [-0.3, -0.25) is 4.90 Å². The SMILES string of the molecule is CCCCCN(C)C1(CN)CCCN(C(C)C)CC1. The summed E-state index contributed by atoms with van der Waals surface area (Å²) in [6.45, 7) is 11.3. The minimum atomic E-state index is 0.247. The van der Waals surface area contributed by atoms with Gasteiger partial charge in [-0.25, -0.2) is 0 Å². The molecule has 0 aromatic carbocycles. The molecule has 114 valence electrons. The lowest BCUT2D eigenvalue weighted by molar-refractivity contribution is 0.103. The van der Waals surface area contributed by atoms with Crippen molar-refractivity contribution >= 4 is 0 Å². The van der Waals surface area contributed by atoms with Gasteiger partial charge >= 0.3 is 0 Å². The summed E-state index contributed by atoms with van der Waals surface area (Å²) in [6, 6.07) is 0.666. The minimum Gasteiger partial charge on any atom is -0.329 e. The Morgan fingerprint density at radius 3 is 2.53 bits per heavy atom. The number of unbranched alkanes of at least 4 members (excludes halogenated alkanes) is 2. The van der Waals surface area contributed by atoms with Gasteiger partial charge in [0.2, 0.25) is 0 Å². The van der Waals surface area contributed by atoms with Crippen LogP contribution in [-0.2, 0) is 0 Å². The van der Waals surface area contributed by atoms with Crippen LogP contribution < -0.4 is 5.73 Å². The van der Waals surface area contributed by atoms with E-state index in [0.717, 1.165) is 6.54 Å². The highest BCUT2D eigenvalue weighted by atomic mass is 15.2. The van der Waals surface area contributed by atoms with E-state index in [9.17, 15) is 0 Å². The van der Waals surface area contributed by atoms with E-state index < -0.39 is 0 Å². The molecule has 1 fully saturated rings. The van der Waals surface area contributed by atoms with Gasteiger partial charge in [-0.05, 0) is 59.7 Å². The van der Waals surface area contributed by atoms with E-state index in [1.807, 2.05) is 0 Å². The van der Waals surface area contributed by atoms with Gasteiger partial charge in [0.25, 0.3) is 0 Å². The second-order valence-corrected chi connectivity index (χ2v) is 6.54. The normalized spacial score (nSPS) is 26.1. The molecule has 19 heavy (non-hydrogen) atoms. The van der Waals surface area contributed by atoms with E-state index in [1.54, 1.807) is 0 Å². The number of hydrogen-bond donors (Lipinski definition) is 1. The zero-order valence-electron chi connectivity index (χ0n) is 13.6. The van der Waals surface area contributed by atoms with Gasteiger partial charge in [-0.1, -0.05) is 19.8 Å². The zero-order chi connectivity index (χ0) is 14.3. The molecule has 1 heterocycles. The summed E-state index contributed by atoms with van der Waals surface area (Å²) in [4.78, 5) is 5.17. The molecule has 0 amide bonds. The Balaban J connectivity index is 2.58. The van der Waals surface area contributed by atoms with Crippen molar-refractivity contribution in [2.45, 2.75) is 70.9 Å². The molecule has 3 nitrogen and oxygen atoms in total. The first-order chi connectivity index (χ1) is 9.05. The van der Waals surface area contributed by atoms with Crippen LogP contribution in [0.25, 0.3) is 0 Å². The van der Waals surface area contributed by atoms with Gasteiger partial charge in [0.05, 0.1) is 0 Å². The topological polar surface area (TPSA) is 32.5 Å². The van der Waals surface area contributed by atoms with E-state index >= 15 is 0 Å². The number of hydrogen-bond acceptors (Lipinski definition) is 3. The van der Waals surface area contributed by atoms with Gasteiger partial charge in [0.1, 0.15) is 0 Å². The van der Waals surface area contributed by atoms with E-state index in [-0.39, 0.29) is 5.54 Å². The Morgan fingerprint density at radius 1 is 1.21 bits per heavy atom. The fraction of sp³-hybridized carbons (Fsp3) is 1.00. The maximum Gasteiger partial charge on any atom is 0.0341 e. The lowest BCUT2D eigenvalue weighted by Gasteiger charge is -2.41. The Labute approximate surface area is 120 Å². The minimum absolute atomic E-state index is 0.247. The molecule has 1 aliphatic heterocycles. The van der Waals surface area contributed by atoms with Crippen molar-refractivity contribution in [2.24, 2.45) is 5.73 Å². The molecule has 3 heteroatoms. The van der Waals surface area contributed by atoms with E-state index in [4.69, 9.17) is 5.73 Å². The van der Waals surface area contributed by atoms with Crippen LogP contribution in [-0.4, -0.2) is 54.6 Å². The predicted molar refractivity (Wildman–Crippen MR) is 84.5 cm³/mol. The lowest BCUT2D eigenvalue weighted by atomic mass is 9.88. The maximum absolute atomic E-state index is 6.17. The average Bonchev–Trinajstić information content (AvgIpc) is 2.62. The number of rotatable bonds is 7. The predicted octanol–water partition coefficient (Wildman–Crippen LogP) is 2.70. The summed E-state index contributed by atoms with van der Waals surface area (Å²) in [7, 11) is 2.29. The van der Waals surface area contributed by atoms with Crippen LogP contribution in [0.2, 0.25) is 0 Å². The molecule has 0 spiro atoms. The first kappa shape index (κ1) is 16.9. The van der Waals surface area contributed by atoms with Crippen LogP contribution in [0.5, 0.6) is 0 Å². The number of likely N-dealkylation sites (N-methyl/N-ethyl adjacent to an activating group) is 1. The van der Waals surface area contributed by atoms with E-state index in [2.05, 4.69) is 37.6 Å². The van der Waals surface area contributed by atoms with Gasteiger partial charge in [-0.2, -0.15) is 0 Å². The van der Waals surface area contributed by atoms with Gasteiger partial charge < -0.3 is 10.6 Å². The van der Waals surface area contributed by atoms with Crippen molar-refractivity contribution in [3.05, 3.63) is 0 Å². The number of likely N-dealkylation sites (tertiary alicyclic amines) is 1. The van der Waals surface area contributed by atoms with Crippen molar-refractivity contribution in [2.75, 3.05) is 33.2 Å². The molecule has 1 atom stereocenters. The van der Waals surface area contributed by atoms with Crippen molar-refractivity contribution in [3.8, 4) is 0 Å². The molecule has 0 aromatic heterocycles. The Hall–Kier alpha value is -0.120. The molecular weight excluding hydrogens is 234 g/mol. The molecule has 1 aliphatic rings. The fourth-order valence-electron chi connectivity index (χ4n) is 3.29. The second kappa shape index (κ2) is 8.23. The summed E-state index contributed by atoms with van der Waals surface area (Å²) in [5.41, 5.74) is 6.42.